The van der Waals surface area contributed by atoms with Gasteiger partial charge in [-0.15, -0.1) is 0 Å². The molecule has 8 heteroatoms. The van der Waals surface area contributed by atoms with Gasteiger partial charge in [0.05, 0.1) is 5.75 Å². The minimum atomic E-state index is -3.19. The number of carbonyl (C=O) groups is 1. The molecule has 0 radical (unpaired) electrons. The van der Waals surface area contributed by atoms with Gasteiger partial charge in [0.25, 0.3) is 0 Å². The van der Waals surface area contributed by atoms with E-state index in [1.165, 1.54) is 4.31 Å². The maximum atomic E-state index is 12.9. The van der Waals surface area contributed by atoms with E-state index in [4.69, 9.17) is 0 Å². The van der Waals surface area contributed by atoms with E-state index < -0.39 is 10.0 Å². The van der Waals surface area contributed by atoms with E-state index in [1.807, 2.05) is 48.1 Å². The number of benzene rings is 1. The second kappa shape index (κ2) is 8.22. The van der Waals surface area contributed by atoms with Gasteiger partial charge in [0, 0.05) is 38.4 Å². The third kappa shape index (κ3) is 4.39. The second-order valence-corrected chi connectivity index (χ2v) is 9.08. The molecular weight excluding hydrogens is 364 g/mol. The lowest BCUT2D eigenvalue weighted by atomic mass is 9.96. The highest BCUT2D eigenvalue weighted by atomic mass is 32.2. The first-order chi connectivity index (χ1) is 12.9. The second-order valence-electron chi connectivity index (χ2n) is 6.82. The zero-order valence-electron chi connectivity index (χ0n) is 15.7. The van der Waals surface area contributed by atoms with Crippen molar-refractivity contribution in [2.75, 3.05) is 18.8 Å². The van der Waals surface area contributed by atoms with Crippen LogP contribution in [0, 0.1) is 5.92 Å². The molecule has 27 heavy (non-hydrogen) atoms. The molecule has 1 aliphatic heterocycles. The van der Waals surface area contributed by atoms with Crippen molar-refractivity contribution in [2.24, 2.45) is 13.0 Å². The molecule has 1 saturated heterocycles. The van der Waals surface area contributed by atoms with Crippen molar-refractivity contribution in [2.45, 2.75) is 25.8 Å². The summed E-state index contributed by atoms with van der Waals surface area (Å²) >= 11 is 0. The SMILES string of the molecule is CCS(=O)(=O)N1CCC(C(=O)NC(c2ccccc2)c2nccn2C)CC1. The molecule has 3 rings (SSSR count). The first kappa shape index (κ1) is 19.6. The molecule has 1 aromatic carbocycles. The molecule has 1 aliphatic rings. The first-order valence-electron chi connectivity index (χ1n) is 9.22. The number of imidazole rings is 1. The van der Waals surface area contributed by atoms with Gasteiger partial charge in [0.2, 0.25) is 15.9 Å². The number of rotatable bonds is 6. The summed E-state index contributed by atoms with van der Waals surface area (Å²) in [4.78, 5) is 17.3. The number of amides is 1. The van der Waals surface area contributed by atoms with Gasteiger partial charge >= 0.3 is 0 Å². The molecule has 2 heterocycles. The van der Waals surface area contributed by atoms with Crippen molar-refractivity contribution in [3.63, 3.8) is 0 Å². The fourth-order valence-corrected chi connectivity index (χ4v) is 4.57. The van der Waals surface area contributed by atoms with E-state index in [0.29, 0.717) is 25.9 Å². The molecule has 0 bridgehead atoms. The summed E-state index contributed by atoms with van der Waals surface area (Å²) in [5.41, 5.74) is 0.964. The molecule has 0 saturated carbocycles. The van der Waals surface area contributed by atoms with Crippen LogP contribution in [0.2, 0.25) is 0 Å². The Morgan fingerprint density at radius 2 is 1.93 bits per heavy atom. The molecule has 7 nitrogen and oxygen atoms in total. The van der Waals surface area contributed by atoms with Gasteiger partial charge in [-0.05, 0) is 25.3 Å². The van der Waals surface area contributed by atoms with Gasteiger partial charge in [-0.1, -0.05) is 30.3 Å². The van der Waals surface area contributed by atoms with E-state index >= 15 is 0 Å². The number of nitrogens with zero attached hydrogens (tertiary/aromatic N) is 3. The number of carbonyl (C=O) groups excluding carboxylic acids is 1. The van der Waals surface area contributed by atoms with Gasteiger partial charge in [-0.25, -0.2) is 17.7 Å². The Bertz CT molecular complexity index is 871. The van der Waals surface area contributed by atoms with Crippen molar-refractivity contribution in [1.29, 1.82) is 0 Å². The average Bonchev–Trinajstić information content (AvgIpc) is 3.12. The molecular formula is C19H26N4O3S. The number of aromatic nitrogens is 2. The predicted octanol–water partition coefficient (Wildman–Crippen LogP) is 1.69. The van der Waals surface area contributed by atoms with Crippen LogP contribution < -0.4 is 5.32 Å². The quantitative estimate of drug-likeness (QED) is 0.813. The third-order valence-corrected chi connectivity index (χ3v) is 7.00. The molecule has 0 spiro atoms. The Balaban J connectivity index is 1.72. The highest BCUT2D eigenvalue weighted by Crippen LogP contribution is 2.24. The molecule has 1 fully saturated rings. The van der Waals surface area contributed by atoms with Gasteiger partial charge in [-0.3, -0.25) is 4.79 Å². The molecule has 0 aliphatic carbocycles. The maximum Gasteiger partial charge on any atom is 0.224 e. The summed E-state index contributed by atoms with van der Waals surface area (Å²) in [5, 5.41) is 3.12. The third-order valence-electron chi connectivity index (χ3n) is 5.12. The summed E-state index contributed by atoms with van der Waals surface area (Å²) < 4.78 is 27.4. The molecule has 146 valence electrons. The molecule has 1 aromatic heterocycles. The van der Waals surface area contributed by atoms with E-state index in [0.717, 1.165) is 11.4 Å². The largest absolute Gasteiger partial charge is 0.342 e. The van der Waals surface area contributed by atoms with Crippen LogP contribution in [0.3, 0.4) is 0 Å². The van der Waals surface area contributed by atoms with Gasteiger partial charge in [0.15, 0.2) is 0 Å². The van der Waals surface area contributed by atoms with Crippen molar-refractivity contribution >= 4 is 15.9 Å². The monoisotopic (exact) mass is 390 g/mol. The number of hydrogen-bond donors (Lipinski definition) is 1. The first-order valence-corrected chi connectivity index (χ1v) is 10.8. The fraction of sp³-hybridized carbons (Fsp3) is 0.474. The lowest BCUT2D eigenvalue weighted by molar-refractivity contribution is -0.126. The highest BCUT2D eigenvalue weighted by molar-refractivity contribution is 7.89. The number of aryl methyl sites for hydroxylation is 1. The Morgan fingerprint density at radius 3 is 2.48 bits per heavy atom. The molecule has 1 N–H and O–H groups in total. The van der Waals surface area contributed by atoms with Crippen LogP contribution in [-0.2, 0) is 21.9 Å². The molecule has 1 atom stereocenters. The van der Waals surface area contributed by atoms with Gasteiger partial charge in [0.1, 0.15) is 11.9 Å². The van der Waals surface area contributed by atoms with Crippen molar-refractivity contribution < 1.29 is 13.2 Å². The smallest absolute Gasteiger partial charge is 0.224 e. The zero-order valence-corrected chi connectivity index (χ0v) is 16.5. The molecule has 2 aromatic rings. The van der Waals surface area contributed by atoms with E-state index in [-0.39, 0.29) is 23.6 Å². The maximum absolute atomic E-state index is 12.9. The summed E-state index contributed by atoms with van der Waals surface area (Å²) in [5.74, 6) is 0.611. The van der Waals surface area contributed by atoms with Crippen molar-refractivity contribution in [3.05, 3.63) is 54.1 Å². The van der Waals surface area contributed by atoms with Crippen molar-refractivity contribution in [1.82, 2.24) is 19.2 Å². The summed E-state index contributed by atoms with van der Waals surface area (Å²) in [6.45, 7) is 2.44. The van der Waals surface area contributed by atoms with Gasteiger partial charge < -0.3 is 9.88 Å². The Morgan fingerprint density at radius 1 is 1.26 bits per heavy atom. The summed E-state index contributed by atoms with van der Waals surface area (Å²) in [7, 11) is -1.29. The predicted molar refractivity (Wildman–Crippen MR) is 103 cm³/mol. The number of hydrogen-bond acceptors (Lipinski definition) is 4. The summed E-state index contributed by atoms with van der Waals surface area (Å²) in [6.07, 6.45) is 4.64. The fourth-order valence-electron chi connectivity index (χ4n) is 3.44. The van der Waals surface area contributed by atoms with Crippen LogP contribution in [0.4, 0.5) is 0 Å². The lowest BCUT2D eigenvalue weighted by Crippen LogP contribution is -2.44. The summed E-state index contributed by atoms with van der Waals surface area (Å²) in [6, 6.07) is 9.41. The Hall–Kier alpha value is -2.19. The number of piperidine rings is 1. The normalized spacial score (nSPS) is 17.6. The van der Waals surface area contributed by atoms with Gasteiger partial charge in [-0.2, -0.15) is 0 Å². The topological polar surface area (TPSA) is 84.3 Å². The van der Waals surface area contributed by atoms with Crippen LogP contribution in [0.25, 0.3) is 0 Å². The standard InChI is InChI=1S/C19H26N4O3S/c1-3-27(25,26)23-12-9-16(10-13-23)19(24)21-17(15-7-5-4-6-8-15)18-20-11-14-22(18)2/h4-8,11,14,16-17H,3,9-10,12-13H2,1-2H3,(H,21,24). The van der Waals surface area contributed by atoms with E-state index in [9.17, 15) is 13.2 Å². The van der Waals surface area contributed by atoms with Crippen LogP contribution in [-0.4, -0.2) is 47.0 Å². The molecule has 1 unspecified atom stereocenters. The van der Waals surface area contributed by atoms with Crippen molar-refractivity contribution in [3.8, 4) is 0 Å². The van der Waals surface area contributed by atoms with Crippen LogP contribution in [0.5, 0.6) is 0 Å². The minimum absolute atomic E-state index is 0.0552. The molecule has 1 amide bonds. The highest BCUT2D eigenvalue weighted by Gasteiger charge is 2.32. The lowest BCUT2D eigenvalue weighted by Gasteiger charge is -2.31. The van der Waals surface area contributed by atoms with E-state index in [1.54, 1.807) is 13.1 Å². The van der Waals surface area contributed by atoms with Crippen LogP contribution in [0.15, 0.2) is 42.7 Å². The number of sulfonamides is 1. The van der Waals surface area contributed by atoms with Crippen LogP contribution in [0.1, 0.15) is 37.2 Å². The Kier molecular flexibility index (Phi) is 5.96. The number of nitrogens with one attached hydrogen (secondary N) is 1. The minimum Gasteiger partial charge on any atom is -0.342 e. The van der Waals surface area contributed by atoms with Crippen LogP contribution >= 0.6 is 0 Å². The zero-order chi connectivity index (χ0) is 19.4. The average molecular weight is 391 g/mol. The Labute approximate surface area is 160 Å². The van der Waals surface area contributed by atoms with E-state index in [2.05, 4.69) is 10.3 Å².